The Labute approximate surface area is 253 Å². The van der Waals surface area contributed by atoms with Gasteiger partial charge in [-0.25, -0.2) is 9.48 Å². The largest absolute Gasteiger partial charge is 0.392 e. The van der Waals surface area contributed by atoms with Crippen LogP contribution >= 0.6 is 0 Å². The third kappa shape index (κ3) is 7.32. The van der Waals surface area contributed by atoms with Gasteiger partial charge in [0, 0.05) is 35.8 Å². The number of hydrogen-bond donors (Lipinski definition) is 3. The zero-order valence-corrected chi connectivity index (χ0v) is 25.4. The molecule has 8 nitrogen and oxygen atoms in total. The molecule has 8 heteroatoms. The number of nitrogens with zero attached hydrogens (tertiary/aromatic N) is 3. The van der Waals surface area contributed by atoms with Gasteiger partial charge in [-0.05, 0) is 73.6 Å². The van der Waals surface area contributed by atoms with Crippen LogP contribution in [0.25, 0.3) is 5.69 Å². The summed E-state index contributed by atoms with van der Waals surface area (Å²) in [5.74, 6) is 1.04. The summed E-state index contributed by atoms with van der Waals surface area (Å²) < 4.78 is 1.78. The first kappa shape index (κ1) is 30.0. The van der Waals surface area contributed by atoms with Gasteiger partial charge in [-0.3, -0.25) is 10.1 Å². The van der Waals surface area contributed by atoms with Crippen LogP contribution in [0.15, 0.2) is 78.9 Å². The van der Waals surface area contributed by atoms with Gasteiger partial charge in [0.2, 0.25) is 0 Å². The number of aliphatic hydroxyl groups excluding tert-OH is 1. The Balaban J connectivity index is 1.23. The number of aryl methyl sites for hydroxylation is 1. The lowest BCUT2D eigenvalue weighted by Gasteiger charge is -2.32. The molecule has 1 aromatic heterocycles. The van der Waals surface area contributed by atoms with Crippen LogP contribution in [-0.2, 0) is 18.4 Å². The minimum atomic E-state index is -0.325. The molecule has 3 amide bonds. The molecular formula is C35H41N5O3. The normalized spacial score (nSPS) is 14.0. The lowest BCUT2D eigenvalue weighted by molar-refractivity contribution is 0.0690. The molecule has 0 spiro atoms. The van der Waals surface area contributed by atoms with Crippen LogP contribution < -0.4 is 10.6 Å². The summed E-state index contributed by atoms with van der Waals surface area (Å²) in [6.07, 6.45) is 2.61. The molecule has 5 rings (SSSR count). The van der Waals surface area contributed by atoms with Crippen LogP contribution in [0.1, 0.15) is 66.4 Å². The number of para-hydroxylation sites is 1. The summed E-state index contributed by atoms with van der Waals surface area (Å²) in [6.45, 7) is 9.70. The van der Waals surface area contributed by atoms with Gasteiger partial charge in [-0.1, -0.05) is 68.8 Å². The number of likely N-dealkylation sites (tertiary alicyclic amines) is 1. The van der Waals surface area contributed by atoms with Crippen LogP contribution in [0.2, 0.25) is 0 Å². The van der Waals surface area contributed by atoms with Crippen molar-refractivity contribution in [3.05, 3.63) is 107 Å². The molecule has 1 aliphatic heterocycles. The van der Waals surface area contributed by atoms with E-state index in [9.17, 15) is 14.7 Å². The van der Waals surface area contributed by atoms with Crippen molar-refractivity contribution in [2.75, 3.05) is 23.7 Å². The van der Waals surface area contributed by atoms with Crippen LogP contribution in [0, 0.1) is 12.8 Å². The number of piperidine rings is 1. The van der Waals surface area contributed by atoms with Gasteiger partial charge in [0.1, 0.15) is 5.82 Å². The van der Waals surface area contributed by atoms with Crippen molar-refractivity contribution < 1.29 is 14.7 Å². The van der Waals surface area contributed by atoms with Crippen LogP contribution in [0.3, 0.4) is 0 Å². The Kier molecular flexibility index (Phi) is 8.97. The van der Waals surface area contributed by atoms with E-state index >= 15 is 0 Å². The second kappa shape index (κ2) is 12.8. The average Bonchev–Trinajstić information content (AvgIpc) is 3.43. The van der Waals surface area contributed by atoms with Gasteiger partial charge in [-0.2, -0.15) is 5.10 Å². The number of carbonyl (C=O) groups excluding carboxylic acids is 2. The van der Waals surface area contributed by atoms with Gasteiger partial charge in [0.25, 0.3) is 5.91 Å². The molecule has 0 radical (unpaired) electrons. The molecule has 224 valence electrons. The quantitative estimate of drug-likeness (QED) is 0.227. The number of aromatic nitrogens is 2. The molecule has 0 unspecified atom stereocenters. The number of carbonyl (C=O) groups is 2. The summed E-state index contributed by atoms with van der Waals surface area (Å²) >= 11 is 0. The molecule has 2 heterocycles. The number of benzene rings is 3. The van der Waals surface area contributed by atoms with E-state index < -0.39 is 0 Å². The van der Waals surface area contributed by atoms with Crippen molar-refractivity contribution in [1.82, 2.24) is 14.7 Å². The molecule has 1 saturated heterocycles. The van der Waals surface area contributed by atoms with Crippen molar-refractivity contribution in [3.8, 4) is 5.69 Å². The molecule has 4 aromatic rings. The monoisotopic (exact) mass is 579 g/mol. The standard InChI is InChI=1S/C35H41N5O3/c1-24-9-15-29(16-10-24)40-32(22-31(38-40)35(2,3)4)37-34(43)36-30-8-6-5-7-28(30)21-25-17-19-39(20-18-25)33(42)27-13-11-26(23-41)12-14-27/h5-16,22,25,41H,17-21,23H2,1-4H3,(H2,36,37,43). The number of rotatable bonds is 7. The molecule has 1 aliphatic rings. The fourth-order valence-electron chi connectivity index (χ4n) is 5.40. The third-order valence-corrected chi connectivity index (χ3v) is 8.06. The van der Waals surface area contributed by atoms with E-state index in [0.29, 0.717) is 30.4 Å². The highest BCUT2D eigenvalue weighted by atomic mass is 16.3. The van der Waals surface area contributed by atoms with Crippen molar-refractivity contribution in [2.45, 2.75) is 59.0 Å². The lowest BCUT2D eigenvalue weighted by atomic mass is 9.89. The Morgan fingerprint density at radius 1 is 0.930 bits per heavy atom. The number of anilines is 2. The van der Waals surface area contributed by atoms with E-state index in [2.05, 4.69) is 37.5 Å². The Bertz CT molecular complexity index is 1560. The first-order valence-corrected chi connectivity index (χ1v) is 14.9. The minimum absolute atomic E-state index is 0.0289. The fraction of sp³-hybridized carbons (Fsp3) is 0.343. The summed E-state index contributed by atoms with van der Waals surface area (Å²) in [7, 11) is 0. The number of urea groups is 1. The highest BCUT2D eigenvalue weighted by molar-refractivity contribution is 6.00. The Morgan fingerprint density at radius 3 is 2.26 bits per heavy atom. The highest BCUT2D eigenvalue weighted by Crippen LogP contribution is 2.29. The van der Waals surface area contributed by atoms with E-state index in [4.69, 9.17) is 5.10 Å². The molecular weight excluding hydrogens is 538 g/mol. The van der Waals surface area contributed by atoms with E-state index in [-0.39, 0.29) is 24.0 Å². The maximum Gasteiger partial charge on any atom is 0.324 e. The van der Waals surface area contributed by atoms with Crippen molar-refractivity contribution in [2.24, 2.45) is 5.92 Å². The lowest BCUT2D eigenvalue weighted by Crippen LogP contribution is -2.39. The Morgan fingerprint density at radius 2 is 1.60 bits per heavy atom. The topological polar surface area (TPSA) is 99.5 Å². The molecule has 0 bridgehead atoms. The smallest absolute Gasteiger partial charge is 0.324 e. The predicted octanol–water partition coefficient (Wildman–Crippen LogP) is 6.71. The van der Waals surface area contributed by atoms with Gasteiger partial charge >= 0.3 is 6.03 Å². The highest BCUT2D eigenvalue weighted by Gasteiger charge is 2.25. The number of hydrogen-bond acceptors (Lipinski definition) is 4. The second-order valence-corrected chi connectivity index (χ2v) is 12.4. The predicted molar refractivity (Wildman–Crippen MR) is 171 cm³/mol. The number of nitrogens with one attached hydrogen (secondary N) is 2. The van der Waals surface area contributed by atoms with Gasteiger partial charge < -0.3 is 15.3 Å². The summed E-state index contributed by atoms with van der Waals surface area (Å²) in [6, 6.07) is 24.7. The molecule has 1 fully saturated rings. The van der Waals surface area contributed by atoms with E-state index in [1.54, 1.807) is 28.9 Å². The average molecular weight is 580 g/mol. The van der Waals surface area contributed by atoms with E-state index in [0.717, 1.165) is 53.0 Å². The summed E-state index contributed by atoms with van der Waals surface area (Å²) in [5.41, 5.74) is 6.03. The van der Waals surface area contributed by atoms with Crippen molar-refractivity contribution in [1.29, 1.82) is 0 Å². The molecule has 0 saturated carbocycles. The molecule has 43 heavy (non-hydrogen) atoms. The maximum atomic E-state index is 13.3. The Hall–Kier alpha value is -4.43. The second-order valence-electron chi connectivity index (χ2n) is 12.4. The zero-order chi connectivity index (χ0) is 30.6. The molecule has 0 aliphatic carbocycles. The van der Waals surface area contributed by atoms with Gasteiger partial charge in [0.15, 0.2) is 0 Å². The van der Waals surface area contributed by atoms with Crippen LogP contribution in [-0.4, -0.2) is 44.8 Å². The van der Waals surface area contributed by atoms with Crippen LogP contribution in [0.5, 0.6) is 0 Å². The summed E-state index contributed by atoms with van der Waals surface area (Å²) in [5, 5.41) is 20.2. The van der Waals surface area contributed by atoms with Gasteiger partial charge in [-0.15, -0.1) is 0 Å². The zero-order valence-electron chi connectivity index (χ0n) is 25.4. The molecule has 3 N–H and O–H groups in total. The van der Waals surface area contributed by atoms with E-state index in [1.807, 2.05) is 60.4 Å². The first-order chi connectivity index (χ1) is 20.6. The van der Waals surface area contributed by atoms with Gasteiger partial charge in [0.05, 0.1) is 18.0 Å². The maximum absolute atomic E-state index is 13.3. The fourth-order valence-corrected chi connectivity index (χ4v) is 5.40. The van der Waals surface area contributed by atoms with Crippen molar-refractivity contribution >= 4 is 23.4 Å². The van der Waals surface area contributed by atoms with Crippen LogP contribution in [0.4, 0.5) is 16.3 Å². The van der Waals surface area contributed by atoms with Crippen molar-refractivity contribution in [3.63, 3.8) is 0 Å². The third-order valence-electron chi connectivity index (χ3n) is 8.06. The molecule has 3 aromatic carbocycles. The minimum Gasteiger partial charge on any atom is -0.392 e. The number of amides is 3. The van der Waals surface area contributed by atoms with E-state index in [1.165, 1.54) is 0 Å². The SMILES string of the molecule is Cc1ccc(-n2nc(C(C)(C)C)cc2NC(=O)Nc2ccccc2CC2CCN(C(=O)c3ccc(CO)cc3)CC2)cc1. The summed E-state index contributed by atoms with van der Waals surface area (Å²) in [4.78, 5) is 28.2. The number of aliphatic hydroxyl groups is 1. The first-order valence-electron chi connectivity index (χ1n) is 14.9. The molecule has 0 atom stereocenters.